The molecule has 2 N–H and O–H groups in total. The number of nitrogens with one attached hydrogen (secondary N) is 2. The van der Waals surface area contributed by atoms with Crippen molar-refractivity contribution in [3.63, 3.8) is 0 Å². The van der Waals surface area contributed by atoms with E-state index in [0.29, 0.717) is 11.3 Å². The van der Waals surface area contributed by atoms with Gasteiger partial charge in [-0.1, -0.05) is 42.5 Å². The minimum absolute atomic E-state index is 0.149. The van der Waals surface area contributed by atoms with Crippen LogP contribution in [0.5, 0.6) is 0 Å². The summed E-state index contributed by atoms with van der Waals surface area (Å²) in [7, 11) is -3.73. The van der Waals surface area contributed by atoms with Gasteiger partial charge in [0.05, 0.1) is 16.6 Å². The van der Waals surface area contributed by atoms with Crippen molar-refractivity contribution < 1.29 is 13.2 Å². The molecule has 0 saturated carbocycles. The highest BCUT2D eigenvalue weighted by atomic mass is 32.2. The maximum absolute atomic E-state index is 12.9. The Morgan fingerprint density at radius 3 is 2.45 bits per heavy atom. The highest BCUT2D eigenvalue weighted by molar-refractivity contribution is 7.92. The molecular weight excluding hydrogens is 408 g/mol. The zero-order valence-corrected chi connectivity index (χ0v) is 18.5. The number of carbonyl (C=O) groups excluding carboxylic acids is 1. The molecule has 1 aliphatic carbocycles. The second-order valence-electron chi connectivity index (χ2n) is 8.03. The predicted molar refractivity (Wildman–Crippen MR) is 123 cm³/mol. The van der Waals surface area contributed by atoms with Gasteiger partial charge in [-0.25, -0.2) is 8.42 Å². The zero-order chi connectivity index (χ0) is 22.0. The van der Waals surface area contributed by atoms with Crippen LogP contribution >= 0.6 is 0 Å². The molecule has 1 atom stereocenters. The summed E-state index contributed by atoms with van der Waals surface area (Å²) in [6.07, 6.45) is 3.40. The van der Waals surface area contributed by atoms with Crippen molar-refractivity contribution >= 4 is 21.6 Å². The van der Waals surface area contributed by atoms with Crippen molar-refractivity contribution in [2.75, 3.05) is 4.72 Å². The largest absolute Gasteiger partial charge is 0.346 e. The van der Waals surface area contributed by atoms with Crippen LogP contribution in [0, 0.1) is 6.92 Å². The first-order valence-corrected chi connectivity index (χ1v) is 11.9. The van der Waals surface area contributed by atoms with Crippen LogP contribution < -0.4 is 10.0 Å². The Morgan fingerprint density at radius 1 is 0.935 bits per heavy atom. The monoisotopic (exact) mass is 434 g/mol. The second-order valence-corrected chi connectivity index (χ2v) is 9.71. The van der Waals surface area contributed by atoms with E-state index in [1.807, 2.05) is 6.92 Å². The predicted octanol–water partition coefficient (Wildman–Crippen LogP) is 4.78. The minimum Gasteiger partial charge on any atom is -0.346 e. The topological polar surface area (TPSA) is 75.3 Å². The van der Waals surface area contributed by atoms with Gasteiger partial charge in [0.25, 0.3) is 15.9 Å². The third kappa shape index (κ3) is 4.64. The van der Waals surface area contributed by atoms with E-state index in [1.54, 1.807) is 43.3 Å². The molecule has 5 nitrogen and oxygen atoms in total. The summed E-state index contributed by atoms with van der Waals surface area (Å²) in [4.78, 5) is 13.0. The second kappa shape index (κ2) is 8.55. The van der Waals surface area contributed by atoms with E-state index in [4.69, 9.17) is 0 Å². The number of aryl methyl sites for hydroxylation is 3. The van der Waals surface area contributed by atoms with Crippen LogP contribution in [0.15, 0.2) is 71.6 Å². The van der Waals surface area contributed by atoms with Gasteiger partial charge in [0.2, 0.25) is 0 Å². The average molecular weight is 435 g/mol. The van der Waals surface area contributed by atoms with Crippen molar-refractivity contribution in [2.45, 2.75) is 44.0 Å². The summed E-state index contributed by atoms with van der Waals surface area (Å²) in [5.74, 6) is -0.242. The quantitative estimate of drug-likeness (QED) is 0.586. The van der Waals surface area contributed by atoms with Gasteiger partial charge < -0.3 is 5.32 Å². The Morgan fingerprint density at radius 2 is 1.68 bits per heavy atom. The normalized spacial score (nSPS) is 14.0. The lowest BCUT2D eigenvalue weighted by Gasteiger charge is -2.17. The van der Waals surface area contributed by atoms with Crippen molar-refractivity contribution in [3.05, 3.63) is 94.5 Å². The molecule has 0 fully saturated rings. The van der Waals surface area contributed by atoms with Gasteiger partial charge in [-0.15, -0.1) is 0 Å². The Labute approximate surface area is 183 Å². The summed E-state index contributed by atoms with van der Waals surface area (Å²) >= 11 is 0. The molecule has 0 radical (unpaired) electrons. The Kier molecular flexibility index (Phi) is 5.83. The summed E-state index contributed by atoms with van der Waals surface area (Å²) < 4.78 is 28.0. The van der Waals surface area contributed by atoms with Crippen LogP contribution in [0.1, 0.15) is 52.0 Å². The fourth-order valence-electron chi connectivity index (χ4n) is 3.90. The molecule has 0 unspecified atom stereocenters. The summed E-state index contributed by atoms with van der Waals surface area (Å²) in [6.45, 7) is 3.76. The Hall–Kier alpha value is -3.12. The lowest BCUT2D eigenvalue weighted by atomic mass is 10.0. The number of sulfonamides is 1. The SMILES string of the molecule is Cc1ccc(C(=O)N[C@@H](C)c2ccc3c(c2)CCC3)cc1NS(=O)(=O)c1ccccc1. The van der Waals surface area contributed by atoms with Gasteiger partial charge in [0, 0.05) is 5.56 Å². The van der Waals surface area contributed by atoms with Crippen LogP contribution in [-0.4, -0.2) is 14.3 Å². The minimum atomic E-state index is -3.73. The van der Waals surface area contributed by atoms with E-state index in [-0.39, 0.29) is 16.8 Å². The summed E-state index contributed by atoms with van der Waals surface area (Å²) in [6, 6.07) is 19.5. The first-order chi connectivity index (χ1) is 14.8. The molecule has 0 spiro atoms. The molecular formula is C25H26N2O3S. The molecule has 31 heavy (non-hydrogen) atoms. The highest BCUT2D eigenvalue weighted by Crippen LogP contribution is 2.26. The molecule has 0 aromatic heterocycles. The first-order valence-electron chi connectivity index (χ1n) is 10.4. The fourth-order valence-corrected chi connectivity index (χ4v) is 5.04. The zero-order valence-electron chi connectivity index (χ0n) is 17.7. The maximum Gasteiger partial charge on any atom is 0.261 e. The highest BCUT2D eigenvalue weighted by Gasteiger charge is 2.18. The molecule has 6 heteroatoms. The average Bonchev–Trinajstić information content (AvgIpc) is 3.23. The number of hydrogen-bond acceptors (Lipinski definition) is 3. The van der Waals surface area contributed by atoms with E-state index in [1.165, 1.54) is 29.7 Å². The fraction of sp³-hybridized carbons (Fsp3) is 0.240. The smallest absolute Gasteiger partial charge is 0.261 e. The standard InChI is InChI=1S/C25H26N2O3S/c1-17-11-12-22(16-24(17)27-31(29,30)23-9-4-3-5-10-23)25(28)26-18(2)20-14-13-19-7-6-8-21(19)15-20/h3-5,9-16,18,27H,6-8H2,1-2H3,(H,26,28)/t18-/m0/s1. The number of anilines is 1. The molecule has 1 amide bonds. The van der Waals surface area contributed by atoms with Crippen LogP contribution in [0.3, 0.4) is 0 Å². The molecule has 3 aromatic rings. The molecule has 3 aromatic carbocycles. The molecule has 0 bridgehead atoms. The number of amides is 1. The number of carbonyl (C=O) groups is 1. The molecule has 160 valence electrons. The lowest BCUT2D eigenvalue weighted by Crippen LogP contribution is -2.27. The summed E-state index contributed by atoms with van der Waals surface area (Å²) in [5, 5.41) is 3.03. The molecule has 1 aliphatic rings. The van der Waals surface area contributed by atoms with E-state index in [0.717, 1.165) is 24.0 Å². The molecule has 4 rings (SSSR count). The Bertz CT molecular complexity index is 1220. The number of benzene rings is 3. The van der Waals surface area contributed by atoms with Crippen LogP contribution in [-0.2, 0) is 22.9 Å². The lowest BCUT2D eigenvalue weighted by molar-refractivity contribution is 0.0940. The van der Waals surface area contributed by atoms with E-state index >= 15 is 0 Å². The molecule has 0 heterocycles. The van der Waals surface area contributed by atoms with Crippen molar-refractivity contribution in [1.82, 2.24) is 5.32 Å². The third-order valence-electron chi connectivity index (χ3n) is 5.77. The third-order valence-corrected chi connectivity index (χ3v) is 7.15. The van der Waals surface area contributed by atoms with Crippen molar-refractivity contribution in [3.8, 4) is 0 Å². The van der Waals surface area contributed by atoms with Gasteiger partial charge in [0.15, 0.2) is 0 Å². The maximum atomic E-state index is 12.9. The van der Waals surface area contributed by atoms with E-state index < -0.39 is 10.0 Å². The van der Waals surface area contributed by atoms with Crippen LogP contribution in [0.25, 0.3) is 0 Å². The van der Waals surface area contributed by atoms with Crippen LogP contribution in [0.4, 0.5) is 5.69 Å². The van der Waals surface area contributed by atoms with Gasteiger partial charge in [-0.2, -0.15) is 0 Å². The van der Waals surface area contributed by atoms with E-state index in [2.05, 4.69) is 28.2 Å². The number of hydrogen-bond donors (Lipinski definition) is 2. The molecule has 0 saturated heterocycles. The van der Waals surface area contributed by atoms with Gasteiger partial charge in [-0.3, -0.25) is 9.52 Å². The van der Waals surface area contributed by atoms with Gasteiger partial charge >= 0.3 is 0 Å². The van der Waals surface area contributed by atoms with Gasteiger partial charge in [-0.05, 0) is 79.6 Å². The number of rotatable bonds is 6. The molecule has 0 aliphatic heterocycles. The first kappa shape index (κ1) is 21.1. The van der Waals surface area contributed by atoms with Gasteiger partial charge in [0.1, 0.15) is 0 Å². The van der Waals surface area contributed by atoms with Crippen molar-refractivity contribution in [1.29, 1.82) is 0 Å². The van der Waals surface area contributed by atoms with Crippen molar-refractivity contribution in [2.24, 2.45) is 0 Å². The Balaban J connectivity index is 1.51. The van der Waals surface area contributed by atoms with E-state index in [9.17, 15) is 13.2 Å². The number of fused-ring (bicyclic) bond motifs is 1. The van der Waals surface area contributed by atoms with Crippen LogP contribution in [0.2, 0.25) is 0 Å². The summed E-state index contributed by atoms with van der Waals surface area (Å²) in [5.41, 5.74) is 5.38.